The lowest BCUT2D eigenvalue weighted by atomic mass is 10.2. The number of ether oxygens (including phenoxy) is 2. The monoisotopic (exact) mass is 244 g/mol. The Morgan fingerprint density at radius 1 is 1.50 bits per heavy atom. The molecule has 0 saturated carbocycles. The van der Waals surface area contributed by atoms with E-state index in [0.29, 0.717) is 17.4 Å². The fraction of sp³-hybridized carbons (Fsp3) is 0.364. The van der Waals surface area contributed by atoms with E-state index in [-0.39, 0.29) is 13.2 Å². The molecule has 0 aliphatic rings. The van der Waals surface area contributed by atoms with E-state index in [2.05, 4.69) is 0 Å². The fourth-order valence-electron chi connectivity index (χ4n) is 1.16. The third-order valence-corrected chi connectivity index (χ3v) is 2.09. The van der Waals surface area contributed by atoms with E-state index in [4.69, 9.17) is 26.2 Å². The van der Waals surface area contributed by atoms with Gasteiger partial charge in [0.15, 0.2) is 0 Å². The first-order valence-corrected chi connectivity index (χ1v) is 5.22. The Bertz CT molecular complexity index is 365. The highest BCUT2D eigenvalue weighted by Gasteiger charge is 2.03. The Morgan fingerprint density at radius 2 is 2.25 bits per heavy atom. The molecule has 0 amide bonds. The second-order valence-electron chi connectivity index (χ2n) is 3.08. The van der Waals surface area contributed by atoms with E-state index in [0.717, 1.165) is 5.56 Å². The Kier molecular flexibility index (Phi) is 5.08. The van der Waals surface area contributed by atoms with Crippen LogP contribution in [-0.2, 0) is 16.1 Å². The maximum atomic E-state index is 10.2. The third kappa shape index (κ3) is 4.08. The molecule has 0 radical (unpaired) electrons. The summed E-state index contributed by atoms with van der Waals surface area (Å²) in [7, 11) is 0. The molecule has 0 aliphatic heterocycles. The third-order valence-electron chi connectivity index (χ3n) is 1.79. The summed E-state index contributed by atoms with van der Waals surface area (Å²) in [5.41, 5.74) is 0.815. The summed E-state index contributed by atoms with van der Waals surface area (Å²) in [6.07, 6.45) is 0. The molecule has 16 heavy (non-hydrogen) atoms. The summed E-state index contributed by atoms with van der Waals surface area (Å²) in [6.45, 7) is 2.33. The highest BCUT2D eigenvalue weighted by molar-refractivity contribution is 6.32. The van der Waals surface area contributed by atoms with Crippen LogP contribution >= 0.6 is 11.6 Å². The lowest BCUT2D eigenvalue weighted by Crippen LogP contribution is -2.06. The van der Waals surface area contributed by atoms with Crippen molar-refractivity contribution < 1.29 is 19.4 Å². The number of carbonyl (C=O) groups is 1. The molecule has 5 heteroatoms. The van der Waals surface area contributed by atoms with Crippen LogP contribution in [0.25, 0.3) is 0 Å². The van der Waals surface area contributed by atoms with Crippen LogP contribution in [0.3, 0.4) is 0 Å². The molecule has 0 aromatic heterocycles. The second kappa shape index (κ2) is 6.35. The Labute approximate surface area is 98.7 Å². The number of benzene rings is 1. The van der Waals surface area contributed by atoms with Gasteiger partial charge in [0.2, 0.25) is 0 Å². The summed E-state index contributed by atoms with van der Waals surface area (Å²) in [6, 6.07) is 5.23. The van der Waals surface area contributed by atoms with Crippen LogP contribution in [0, 0.1) is 0 Å². The fourth-order valence-corrected chi connectivity index (χ4v) is 1.42. The molecule has 4 nitrogen and oxygen atoms in total. The van der Waals surface area contributed by atoms with Gasteiger partial charge < -0.3 is 14.6 Å². The van der Waals surface area contributed by atoms with E-state index >= 15 is 0 Å². The number of hydrogen-bond acceptors (Lipinski definition) is 3. The highest BCUT2D eigenvalue weighted by Crippen LogP contribution is 2.25. The zero-order valence-electron chi connectivity index (χ0n) is 8.90. The number of carboxylic acids is 1. The van der Waals surface area contributed by atoms with Gasteiger partial charge >= 0.3 is 5.97 Å². The van der Waals surface area contributed by atoms with Gasteiger partial charge in [-0.1, -0.05) is 17.7 Å². The molecule has 0 bridgehead atoms. The molecule has 1 aromatic carbocycles. The zero-order valence-corrected chi connectivity index (χ0v) is 9.66. The first kappa shape index (κ1) is 12.8. The molecule has 1 rings (SSSR count). The van der Waals surface area contributed by atoms with Crippen LogP contribution in [0.4, 0.5) is 0 Å². The SMILES string of the molecule is CCOc1ccc(COCC(=O)O)cc1Cl. The van der Waals surface area contributed by atoms with Gasteiger partial charge in [0.25, 0.3) is 0 Å². The summed E-state index contributed by atoms with van der Waals surface area (Å²) in [4.78, 5) is 10.2. The maximum absolute atomic E-state index is 10.2. The number of carboxylic acid groups (broad SMARTS) is 1. The molecule has 0 heterocycles. The quantitative estimate of drug-likeness (QED) is 0.835. The van der Waals surface area contributed by atoms with E-state index in [1.165, 1.54) is 0 Å². The molecule has 0 fully saturated rings. The average molecular weight is 245 g/mol. The summed E-state index contributed by atoms with van der Waals surface area (Å²) in [5.74, 6) is -0.372. The molecule has 0 atom stereocenters. The van der Waals surface area contributed by atoms with Crippen molar-refractivity contribution in [3.05, 3.63) is 28.8 Å². The molecule has 0 aliphatic carbocycles. The summed E-state index contributed by atoms with van der Waals surface area (Å²) in [5, 5.41) is 8.89. The standard InChI is InChI=1S/C11H13ClO4/c1-2-16-10-4-3-8(5-9(10)12)6-15-7-11(13)14/h3-5H,2,6-7H2,1H3,(H,13,14). The van der Waals surface area contributed by atoms with Crippen molar-refractivity contribution >= 4 is 17.6 Å². The van der Waals surface area contributed by atoms with Crippen LogP contribution < -0.4 is 4.74 Å². The molecule has 88 valence electrons. The lowest BCUT2D eigenvalue weighted by Gasteiger charge is -2.07. The van der Waals surface area contributed by atoms with E-state index < -0.39 is 5.97 Å². The van der Waals surface area contributed by atoms with Crippen molar-refractivity contribution in [2.24, 2.45) is 0 Å². The smallest absolute Gasteiger partial charge is 0.329 e. The van der Waals surface area contributed by atoms with E-state index in [1.807, 2.05) is 6.92 Å². The van der Waals surface area contributed by atoms with Gasteiger partial charge in [0.05, 0.1) is 18.2 Å². The van der Waals surface area contributed by atoms with Gasteiger partial charge in [-0.25, -0.2) is 4.79 Å². The summed E-state index contributed by atoms with van der Waals surface area (Å²) >= 11 is 5.95. The minimum absolute atomic E-state index is 0.221. The number of rotatable bonds is 6. The summed E-state index contributed by atoms with van der Waals surface area (Å²) < 4.78 is 10.2. The van der Waals surface area contributed by atoms with Crippen molar-refractivity contribution in [3.8, 4) is 5.75 Å². The van der Waals surface area contributed by atoms with Crippen LogP contribution in [0.15, 0.2) is 18.2 Å². The van der Waals surface area contributed by atoms with Crippen molar-refractivity contribution in [2.75, 3.05) is 13.2 Å². The van der Waals surface area contributed by atoms with Gasteiger partial charge in [-0.2, -0.15) is 0 Å². The maximum Gasteiger partial charge on any atom is 0.329 e. The van der Waals surface area contributed by atoms with Crippen molar-refractivity contribution in [2.45, 2.75) is 13.5 Å². The molecule has 1 N–H and O–H groups in total. The number of halogens is 1. The molecule has 0 saturated heterocycles. The number of aliphatic carboxylic acids is 1. The van der Waals surface area contributed by atoms with E-state index in [9.17, 15) is 4.79 Å². The van der Waals surface area contributed by atoms with Crippen LogP contribution in [0.5, 0.6) is 5.75 Å². The topological polar surface area (TPSA) is 55.8 Å². The minimum atomic E-state index is -0.989. The highest BCUT2D eigenvalue weighted by atomic mass is 35.5. The molecular formula is C11H13ClO4. The minimum Gasteiger partial charge on any atom is -0.492 e. The molecular weight excluding hydrogens is 232 g/mol. The molecule has 1 aromatic rings. The van der Waals surface area contributed by atoms with Crippen LogP contribution in [-0.4, -0.2) is 24.3 Å². The first-order valence-electron chi connectivity index (χ1n) is 4.84. The largest absolute Gasteiger partial charge is 0.492 e. The van der Waals surface area contributed by atoms with Gasteiger partial charge in [-0.15, -0.1) is 0 Å². The predicted molar refractivity (Wildman–Crippen MR) is 59.9 cm³/mol. The Balaban J connectivity index is 2.55. The number of hydrogen-bond donors (Lipinski definition) is 1. The van der Waals surface area contributed by atoms with Gasteiger partial charge in [-0.05, 0) is 24.6 Å². The van der Waals surface area contributed by atoms with Crippen molar-refractivity contribution in [1.82, 2.24) is 0 Å². The van der Waals surface area contributed by atoms with Gasteiger partial charge in [-0.3, -0.25) is 0 Å². The molecule has 0 unspecified atom stereocenters. The second-order valence-corrected chi connectivity index (χ2v) is 3.49. The predicted octanol–water partition coefficient (Wildman–Crippen LogP) is 2.34. The van der Waals surface area contributed by atoms with Crippen molar-refractivity contribution in [1.29, 1.82) is 0 Å². The van der Waals surface area contributed by atoms with E-state index in [1.54, 1.807) is 18.2 Å². The van der Waals surface area contributed by atoms with Gasteiger partial charge in [0, 0.05) is 0 Å². The van der Waals surface area contributed by atoms with Crippen molar-refractivity contribution in [3.63, 3.8) is 0 Å². The van der Waals surface area contributed by atoms with Crippen LogP contribution in [0.1, 0.15) is 12.5 Å². The van der Waals surface area contributed by atoms with Crippen LogP contribution in [0.2, 0.25) is 5.02 Å². The first-order chi connectivity index (χ1) is 7.63. The zero-order chi connectivity index (χ0) is 12.0. The molecule has 0 spiro atoms. The average Bonchev–Trinajstić information content (AvgIpc) is 2.21. The Morgan fingerprint density at radius 3 is 2.81 bits per heavy atom. The lowest BCUT2D eigenvalue weighted by molar-refractivity contribution is -0.142. The van der Waals surface area contributed by atoms with Gasteiger partial charge in [0.1, 0.15) is 12.4 Å². The normalized spacial score (nSPS) is 10.1. The Hall–Kier alpha value is -1.26.